The van der Waals surface area contributed by atoms with Crippen molar-refractivity contribution in [2.45, 2.75) is 38.0 Å². The van der Waals surface area contributed by atoms with Crippen molar-refractivity contribution in [1.82, 2.24) is 4.98 Å². The summed E-state index contributed by atoms with van der Waals surface area (Å²) < 4.78 is 2.31. The highest BCUT2D eigenvalue weighted by molar-refractivity contribution is 6.03. The average Bonchev–Trinajstić information content (AvgIpc) is 3.10. The Morgan fingerprint density at radius 3 is 2.39 bits per heavy atom. The van der Waals surface area contributed by atoms with Gasteiger partial charge in [-0.15, -0.1) is 0 Å². The Balaban J connectivity index is 1.69. The summed E-state index contributed by atoms with van der Waals surface area (Å²) in [5.41, 5.74) is 8.74. The van der Waals surface area contributed by atoms with E-state index in [1.807, 2.05) is 12.3 Å². The molecule has 31 heavy (non-hydrogen) atoms. The fourth-order valence-electron chi connectivity index (χ4n) is 5.54. The van der Waals surface area contributed by atoms with Gasteiger partial charge in [0, 0.05) is 42.2 Å². The van der Waals surface area contributed by atoms with Crippen LogP contribution in [0.15, 0.2) is 84.7 Å². The van der Waals surface area contributed by atoms with Crippen LogP contribution < -0.4 is 4.90 Å². The quantitative estimate of drug-likeness (QED) is 0.524. The van der Waals surface area contributed by atoms with Crippen molar-refractivity contribution < 1.29 is 4.58 Å². The molecule has 0 fully saturated rings. The summed E-state index contributed by atoms with van der Waals surface area (Å²) in [6.45, 7) is 6.96. The van der Waals surface area contributed by atoms with E-state index >= 15 is 0 Å². The molecule has 3 aromatic rings. The summed E-state index contributed by atoms with van der Waals surface area (Å²) in [4.78, 5) is 7.13. The number of hydrogen-bond donors (Lipinski definition) is 0. The van der Waals surface area contributed by atoms with Crippen molar-refractivity contribution in [2.24, 2.45) is 0 Å². The van der Waals surface area contributed by atoms with E-state index in [-0.39, 0.29) is 10.8 Å². The minimum atomic E-state index is -0.151. The second-order valence-corrected chi connectivity index (χ2v) is 9.54. The zero-order valence-corrected chi connectivity index (χ0v) is 19.1. The van der Waals surface area contributed by atoms with E-state index in [1.54, 1.807) is 0 Å². The van der Waals surface area contributed by atoms with Crippen LogP contribution in [0.5, 0.6) is 0 Å². The van der Waals surface area contributed by atoms with E-state index in [4.69, 9.17) is 4.98 Å². The van der Waals surface area contributed by atoms with Crippen molar-refractivity contribution in [3.05, 3.63) is 102 Å². The number of pyridine rings is 1. The van der Waals surface area contributed by atoms with Crippen LogP contribution >= 0.6 is 0 Å². The number of rotatable bonds is 3. The third kappa shape index (κ3) is 2.87. The molecule has 1 unspecified atom stereocenters. The lowest BCUT2D eigenvalue weighted by Crippen LogP contribution is -2.33. The molecule has 0 amide bonds. The number of fused-ring (bicyclic) bond motifs is 2. The maximum atomic E-state index is 4.74. The lowest BCUT2D eigenvalue weighted by molar-refractivity contribution is -0.401. The summed E-state index contributed by atoms with van der Waals surface area (Å²) in [7, 11) is 4.37. The first-order valence-corrected chi connectivity index (χ1v) is 11.0. The summed E-state index contributed by atoms with van der Waals surface area (Å²) in [6, 6.07) is 23.9. The number of benzene rings is 2. The third-order valence-corrected chi connectivity index (χ3v) is 7.20. The molecule has 156 valence electrons. The molecule has 2 aliphatic heterocycles. The highest BCUT2D eigenvalue weighted by Crippen LogP contribution is 2.50. The third-order valence-electron chi connectivity index (χ3n) is 7.20. The van der Waals surface area contributed by atoms with Crippen LogP contribution in [0, 0.1) is 0 Å². The van der Waals surface area contributed by atoms with E-state index in [0.29, 0.717) is 0 Å². The molecule has 3 heteroatoms. The standard InChI is InChI=1S/C28H30N3/c1-27(2)24(31(5)23-16-11-17-29-26(23)27)18-25-28(3,19-20-12-7-6-8-13-20)21-14-9-10-15-22(21)30(25)4/h6-18H,19H2,1-5H3/q+1. The molecule has 0 spiro atoms. The van der Waals surface area contributed by atoms with Gasteiger partial charge >= 0.3 is 0 Å². The summed E-state index contributed by atoms with van der Waals surface area (Å²) in [5.74, 6) is 0. The van der Waals surface area contributed by atoms with E-state index in [9.17, 15) is 0 Å². The van der Waals surface area contributed by atoms with Gasteiger partial charge in [0.2, 0.25) is 5.69 Å². The molecule has 3 heterocycles. The van der Waals surface area contributed by atoms with Gasteiger partial charge in [-0.1, -0.05) is 48.5 Å². The van der Waals surface area contributed by atoms with Gasteiger partial charge < -0.3 is 4.90 Å². The van der Waals surface area contributed by atoms with Crippen molar-refractivity contribution in [3.8, 4) is 0 Å². The molecule has 1 atom stereocenters. The van der Waals surface area contributed by atoms with Crippen LogP contribution in [0.3, 0.4) is 0 Å². The summed E-state index contributed by atoms with van der Waals surface area (Å²) in [6.07, 6.45) is 5.29. The minimum Gasteiger partial charge on any atom is -0.347 e. The SMILES string of the molecule is CN1C(=CC2=[N+](C)c3cccnc3C2(C)C)C(C)(Cc2ccccc2)c2ccccc21. The molecule has 2 aromatic carbocycles. The van der Waals surface area contributed by atoms with Gasteiger partial charge in [-0.3, -0.25) is 4.98 Å². The van der Waals surface area contributed by atoms with E-state index in [1.165, 1.54) is 33.9 Å². The van der Waals surface area contributed by atoms with Gasteiger partial charge in [0.25, 0.3) is 0 Å². The molecule has 3 nitrogen and oxygen atoms in total. The first-order chi connectivity index (χ1) is 14.8. The summed E-state index contributed by atoms with van der Waals surface area (Å²) >= 11 is 0. The maximum absolute atomic E-state index is 4.74. The molecular weight excluding hydrogens is 378 g/mol. The highest BCUT2D eigenvalue weighted by atomic mass is 15.2. The summed E-state index contributed by atoms with van der Waals surface area (Å²) in [5, 5.41) is 0. The maximum Gasteiger partial charge on any atom is 0.228 e. The lowest BCUT2D eigenvalue weighted by Gasteiger charge is -2.29. The Morgan fingerprint density at radius 2 is 1.65 bits per heavy atom. The molecule has 5 rings (SSSR count). The zero-order chi connectivity index (χ0) is 21.8. The van der Waals surface area contributed by atoms with Gasteiger partial charge in [0.05, 0.1) is 5.41 Å². The first-order valence-electron chi connectivity index (χ1n) is 11.0. The van der Waals surface area contributed by atoms with Crippen molar-refractivity contribution >= 4 is 17.1 Å². The second kappa shape index (κ2) is 6.91. The van der Waals surface area contributed by atoms with E-state index < -0.39 is 0 Å². The Hall–Kier alpha value is -3.20. The monoisotopic (exact) mass is 408 g/mol. The lowest BCUT2D eigenvalue weighted by atomic mass is 9.75. The van der Waals surface area contributed by atoms with Gasteiger partial charge in [0.1, 0.15) is 12.7 Å². The Labute approximate surface area is 185 Å². The fraction of sp³-hybridized carbons (Fsp3) is 0.286. The van der Waals surface area contributed by atoms with Crippen molar-refractivity contribution in [1.29, 1.82) is 0 Å². The van der Waals surface area contributed by atoms with Crippen molar-refractivity contribution in [2.75, 3.05) is 19.0 Å². The molecule has 0 bridgehead atoms. The number of likely N-dealkylation sites (N-methyl/N-ethyl adjacent to an activating group) is 1. The normalized spacial score (nSPS) is 22.7. The van der Waals surface area contributed by atoms with Crippen LogP contribution in [0.2, 0.25) is 0 Å². The van der Waals surface area contributed by atoms with Gasteiger partial charge in [-0.05, 0) is 50.5 Å². The van der Waals surface area contributed by atoms with Crippen LogP contribution in [0.1, 0.15) is 37.6 Å². The Bertz CT molecular complexity index is 1220. The number of anilines is 1. The predicted octanol–water partition coefficient (Wildman–Crippen LogP) is 5.62. The van der Waals surface area contributed by atoms with E-state index in [2.05, 4.69) is 111 Å². The van der Waals surface area contributed by atoms with Crippen molar-refractivity contribution in [3.63, 3.8) is 0 Å². The largest absolute Gasteiger partial charge is 0.347 e. The van der Waals surface area contributed by atoms with Gasteiger partial charge in [0.15, 0.2) is 5.71 Å². The minimum absolute atomic E-state index is 0.112. The number of para-hydroxylation sites is 1. The smallest absolute Gasteiger partial charge is 0.228 e. The molecule has 2 aliphatic rings. The molecule has 0 N–H and O–H groups in total. The van der Waals surface area contributed by atoms with Crippen LogP contribution in [0.25, 0.3) is 0 Å². The molecule has 0 radical (unpaired) electrons. The fourth-order valence-corrected chi connectivity index (χ4v) is 5.54. The molecule has 0 aliphatic carbocycles. The van der Waals surface area contributed by atoms with E-state index in [0.717, 1.165) is 12.1 Å². The number of aromatic nitrogens is 1. The Kier molecular flexibility index (Phi) is 4.40. The van der Waals surface area contributed by atoms with Crippen LogP contribution in [-0.4, -0.2) is 29.4 Å². The molecule has 1 aromatic heterocycles. The molecular formula is C28H30N3+. The van der Waals surface area contributed by atoms with Gasteiger partial charge in [-0.2, -0.15) is 4.58 Å². The first kappa shape index (κ1) is 19.7. The molecule has 0 saturated carbocycles. The second-order valence-electron chi connectivity index (χ2n) is 9.54. The van der Waals surface area contributed by atoms with Gasteiger partial charge in [-0.25, -0.2) is 0 Å². The molecule has 0 saturated heterocycles. The Morgan fingerprint density at radius 1 is 0.935 bits per heavy atom. The van der Waals surface area contributed by atoms with Crippen LogP contribution in [0.4, 0.5) is 11.4 Å². The zero-order valence-electron chi connectivity index (χ0n) is 19.1. The topological polar surface area (TPSA) is 19.1 Å². The number of hydrogen-bond acceptors (Lipinski definition) is 2. The number of allylic oxidation sites excluding steroid dienone is 2. The highest BCUT2D eigenvalue weighted by Gasteiger charge is 2.48. The van der Waals surface area contributed by atoms with Crippen LogP contribution in [-0.2, 0) is 17.3 Å². The predicted molar refractivity (Wildman–Crippen MR) is 129 cm³/mol. The average molecular weight is 409 g/mol. The number of nitrogens with zero attached hydrogens (tertiary/aromatic N) is 3.